The van der Waals surface area contributed by atoms with Crippen molar-refractivity contribution in [3.8, 4) is 0 Å². The number of rotatable bonds is 4. The average molecular weight is 399 g/mol. The predicted molar refractivity (Wildman–Crippen MR) is 92.3 cm³/mol. The van der Waals surface area contributed by atoms with Crippen molar-refractivity contribution in [1.29, 1.82) is 0 Å². The minimum Gasteiger partial charge on any atom is -0.350 e. The zero-order valence-corrected chi connectivity index (χ0v) is 14.5. The van der Waals surface area contributed by atoms with Gasteiger partial charge < -0.3 is 15.3 Å². The lowest BCUT2D eigenvalue weighted by atomic mass is 10.0. The molecule has 27 heavy (non-hydrogen) atoms. The van der Waals surface area contributed by atoms with E-state index in [1.165, 1.54) is 0 Å². The maximum absolute atomic E-state index is 12.7. The number of carbonyl (C=O) groups is 1. The molecule has 1 heterocycles. The fraction of sp³-hybridized carbons (Fsp3) is 0.222. The van der Waals surface area contributed by atoms with Gasteiger partial charge in [-0.3, -0.25) is 4.79 Å². The van der Waals surface area contributed by atoms with E-state index in [-0.39, 0.29) is 18.2 Å². The van der Waals surface area contributed by atoms with Crippen LogP contribution in [0.25, 0.3) is 0 Å². The Hall–Kier alpha value is -2.58. The summed E-state index contributed by atoms with van der Waals surface area (Å²) in [4.78, 5) is 16.3. The number of benzene rings is 2. The highest BCUT2D eigenvalue weighted by Crippen LogP contribution is 2.38. The third-order valence-electron chi connectivity index (χ3n) is 3.98. The van der Waals surface area contributed by atoms with Crippen LogP contribution < -0.4 is 5.32 Å². The number of carbonyl (C=O) groups excluding carboxylic acids is 1. The summed E-state index contributed by atoms with van der Waals surface area (Å²) in [7, 11) is 0. The van der Waals surface area contributed by atoms with E-state index in [9.17, 15) is 23.1 Å². The number of nitrogens with zero attached hydrogens (tertiary/aromatic N) is 1. The number of hydrogen-bond acceptors (Lipinski definition) is 4. The van der Waals surface area contributed by atoms with Crippen LogP contribution in [0.5, 0.6) is 0 Å². The highest BCUT2D eigenvalue weighted by molar-refractivity contribution is 6.30. The molecule has 3 rings (SSSR count). The number of amides is 1. The molecule has 0 saturated carbocycles. The molecular formula is C18H14ClF3N2O3. The molecule has 2 aromatic rings. The van der Waals surface area contributed by atoms with E-state index in [4.69, 9.17) is 11.6 Å². The zero-order chi connectivity index (χ0) is 19.7. The minimum absolute atomic E-state index is 0.00987. The number of hydrogen-bond donors (Lipinski definition) is 2. The summed E-state index contributed by atoms with van der Waals surface area (Å²) in [6, 6.07) is 12.9. The van der Waals surface area contributed by atoms with Crippen LogP contribution in [0.15, 0.2) is 53.7 Å². The van der Waals surface area contributed by atoms with E-state index in [1.807, 2.05) is 0 Å². The Bertz CT molecular complexity index is 884. The molecule has 0 aromatic heterocycles. The van der Waals surface area contributed by atoms with Crippen molar-refractivity contribution in [1.82, 2.24) is 5.32 Å². The van der Waals surface area contributed by atoms with E-state index in [0.29, 0.717) is 16.1 Å². The van der Waals surface area contributed by atoms with E-state index in [0.717, 1.165) is 5.56 Å². The number of alkyl halides is 3. The van der Waals surface area contributed by atoms with E-state index in [2.05, 4.69) is 15.3 Å². The van der Waals surface area contributed by atoms with Crippen LogP contribution in [-0.4, -0.2) is 28.7 Å². The second-order valence-electron chi connectivity index (χ2n) is 5.98. The Morgan fingerprint density at radius 2 is 1.96 bits per heavy atom. The van der Waals surface area contributed by atoms with Gasteiger partial charge in [0.25, 0.3) is 5.91 Å². The highest BCUT2D eigenvalue weighted by Gasteiger charge is 2.60. The van der Waals surface area contributed by atoms with Gasteiger partial charge in [-0.15, -0.1) is 0 Å². The first kappa shape index (κ1) is 19.2. The molecule has 0 saturated heterocycles. The van der Waals surface area contributed by atoms with Crippen LogP contribution in [-0.2, 0) is 11.4 Å². The van der Waals surface area contributed by atoms with Gasteiger partial charge in [-0.1, -0.05) is 47.1 Å². The summed E-state index contributed by atoms with van der Waals surface area (Å²) in [5.41, 5.74) is 1.53. The molecule has 1 aliphatic heterocycles. The quantitative estimate of drug-likeness (QED) is 0.826. The van der Waals surface area contributed by atoms with Crippen LogP contribution in [0.1, 0.15) is 27.9 Å². The molecule has 0 bridgehead atoms. The zero-order valence-electron chi connectivity index (χ0n) is 13.8. The van der Waals surface area contributed by atoms with Gasteiger partial charge in [0.05, 0.1) is 12.1 Å². The van der Waals surface area contributed by atoms with E-state index >= 15 is 0 Å². The summed E-state index contributed by atoms with van der Waals surface area (Å²) in [5.74, 6) is -3.60. The minimum atomic E-state index is -4.94. The maximum atomic E-state index is 12.7. The Kier molecular flexibility index (Phi) is 5.12. The van der Waals surface area contributed by atoms with Gasteiger partial charge in [-0.25, -0.2) is 0 Å². The number of nitrogens with one attached hydrogen (secondary N) is 1. The van der Waals surface area contributed by atoms with Crippen molar-refractivity contribution in [3.05, 3.63) is 70.2 Å². The maximum Gasteiger partial charge on any atom is 0.458 e. The monoisotopic (exact) mass is 398 g/mol. The van der Waals surface area contributed by atoms with E-state index < -0.39 is 18.4 Å². The molecule has 2 N–H and O–H groups in total. The van der Waals surface area contributed by atoms with Gasteiger partial charge in [0.15, 0.2) is 0 Å². The molecule has 1 aliphatic rings. The summed E-state index contributed by atoms with van der Waals surface area (Å²) in [6.07, 6.45) is -5.73. The molecule has 1 amide bonds. The molecule has 1 atom stereocenters. The van der Waals surface area contributed by atoms with Crippen molar-refractivity contribution >= 4 is 23.2 Å². The van der Waals surface area contributed by atoms with Crippen molar-refractivity contribution in [3.63, 3.8) is 0 Å². The van der Waals surface area contributed by atoms with Crippen molar-refractivity contribution in [2.45, 2.75) is 24.9 Å². The third kappa shape index (κ3) is 4.23. The smallest absolute Gasteiger partial charge is 0.350 e. The van der Waals surface area contributed by atoms with Gasteiger partial charge >= 0.3 is 12.0 Å². The van der Waals surface area contributed by atoms with Crippen LogP contribution in [0.2, 0.25) is 5.02 Å². The van der Waals surface area contributed by atoms with Crippen molar-refractivity contribution in [2.24, 2.45) is 5.16 Å². The van der Waals surface area contributed by atoms with Gasteiger partial charge in [-0.2, -0.15) is 13.2 Å². The second-order valence-corrected chi connectivity index (χ2v) is 6.41. The standard InChI is InChI=1S/C18H14ClF3N2O3/c19-14-3-1-2-13(8-14)16(25)23-10-11-4-6-12(7-5-11)15-9-17(26,27-24-15)18(20,21)22/h1-8,26H,9-10H2,(H,23,25). The predicted octanol–water partition coefficient (Wildman–Crippen LogP) is 3.65. The van der Waals surface area contributed by atoms with Gasteiger partial charge in [0.1, 0.15) is 0 Å². The van der Waals surface area contributed by atoms with Crippen LogP contribution in [0, 0.1) is 0 Å². The van der Waals surface area contributed by atoms with Gasteiger partial charge in [0, 0.05) is 17.1 Å². The highest BCUT2D eigenvalue weighted by atomic mass is 35.5. The SMILES string of the molecule is O=C(NCc1ccc(C2=NOC(O)(C(F)(F)F)C2)cc1)c1cccc(Cl)c1. The molecule has 1 unspecified atom stereocenters. The normalized spacial score (nSPS) is 19.4. The topological polar surface area (TPSA) is 70.9 Å². The van der Waals surface area contributed by atoms with Crippen LogP contribution >= 0.6 is 11.6 Å². The average Bonchev–Trinajstić information content (AvgIpc) is 3.04. The van der Waals surface area contributed by atoms with Crippen LogP contribution in [0.4, 0.5) is 13.2 Å². The largest absolute Gasteiger partial charge is 0.458 e. The molecular weight excluding hydrogens is 385 g/mol. The molecule has 142 valence electrons. The number of halogens is 4. The summed E-state index contributed by atoms with van der Waals surface area (Å²) in [5, 5.41) is 16.0. The molecule has 0 spiro atoms. The third-order valence-corrected chi connectivity index (χ3v) is 4.22. The number of aliphatic hydroxyl groups is 1. The second kappa shape index (κ2) is 7.21. The fourth-order valence-corrected chi connectivity index (χ4v) is 2.65. The first-order valence-electron chi connectivity index (χ1n) is 7.85. The molecule has 5 nitrogen and oxygen atoms in total. The summed E-state index contributed by atoms with van der Waals surface area (Å²) < 4.78 is 38.2. The Balaban J connectivity index is 1.61. The summed E-state index contributed by atoms with van der Waals surface area (Å²) >= 11 is 5.84. The summed E-state index contributed by atoms with van der Waals surface area (Å²) in [6.45, 7) is 0.223. The van der Waals surface area contributed by atoms with Gasteiger partial charge in [0.2, 0.25) is 0 Å². The molecule has 9 heteroatoms. The number of oxime groups is 1. The first-order chi connectivity index (χ1) is 12.7. The Morgan fingerprint density at radius 1 is 1.26 bits per heavy atom. The first-order valence-corrected chi connectivity index (χ1v) is 8.23. The van der Waals surface area contributed by atoms with Crippen LogP contribution in [0.3, 0.4) is 0 Å². The fourth-order valence-electron chi connectivity index (χ4n) is 2.46. The Labute approximate surface area is 157 Å². The molecule has 0 fully saturated rings. The molecule has 0 aliphatic carbocycles. The van der Waals surface area contributed by atoms with Crippen molar-refractivity contribution in [2.75, 3.05) is 0 Å². The lowest BCUT2D eigenvalue weighted by molar-refractivity contribution is -0.355. The molecule has 0 radical (unpaired) electrons. The van der Waals surface area contributed by atoms with Crippen molar-refractivity contribution < 1.29 is 27.9 Å². The lowest BCUT2D eigenvalue weighted by Gasteiger charge is -2.22. The molecule has 2 aromatic carbocycles. The lowest BCUT2D eigenvalue weighted by Crippen LogP contribution is -2.45. The Morgan fingerprint density at radius 3 is 2.56 bits per heavy atom. The van der Waals surface area contributed by atoms with Gasteiger partial charge in [-0.05, 0) is 29.3 Å². The van der Waals surface area contributed by atoms with E-state index in [1.54, 1.807) is 48.5 Å².